The van der Waals surface area contributed by atoms with Gasteiger partial charge in [-0.1, -0.05) is 28.1 Å². The Balaban J connectivity index is 1.86. The SMILES string of the molecule is CC(C)(C)C(=O)ON1CCC(c2ccc(Br)cc2)CC1. The average Bonchev–Trinajstić information content (AvgIpc) is 2.39. The summed E-state index contributed by atoms with van der Waals surface area (Å²) in [5.41, 5.74) is 0.928. The third-order valence-electron chi connectivity index (χ3n) is 3.62. The third-order valence-corrected chi connectivity index (χ3v) is 4.15. The van der Waals surface area contributed by atoms with Crippen LogP contribution in [0.15, 0.2) is 28.7 Å². The molecule has 0 radical (unpaired) electrons. The second-order valence-electron chi connectivity index (χ2n) is 6.38. The highest BCUT2D eigenvalue weighted by Crippen LogP contribution is 2.29. The van der Waals surface area contributed by atoms with E-state index in [1.54, 1.807) is 0 Å². The summed E-state index contributed by atoms with van der Waals surface area (Å²) in [6.07, 6.45) is 2.05. The molecule has 1 saturated heterocycles. The van der Waals surface area contributed by atoms with Crippen molar-refractivity contribution in [1.82, 2.24) is 5.06 Å². The van der Waals surface area contributed by atoms with E-state index in [4.69, 9.17) is 4.84 Å². The van der Waals surface area contributed by atoms with E-state index in [9.17, 15) is 4.79 Å². The number of nitrogens with zero attached hydrogens (tertiary/aromatic N) is 1. The lowest BCUT2D eigenvalue weighted by molar-refractivity contribution is -0.204. The first-order valence-electron chi connectivity index (χ1n) is 7.09. The Kier molecular flexibility index (Phi) is 4.86. The lowest BCUT2D eigenvalue weighted by atomic mass is 9.90. The Hall–Kier alpha value is -0.870. The van der Waals surface area contributed by atoms with E-state index in [1.165, 1.54) is 5.56 Å². The van der Waals surface area contributed by atoms with Crippen LogP contribution in [0.2, 0.25) is 0 Å². The van der Waals surface area contributed by atoms with Crippen molar-refractivity contribution >= 4 is 21.9 Å². The predicted molar refractivity (Wildman–Crippen MR) is 83.2 cm³/mol. The Labute approximate surface area is 129 Å². The van der Waals surface area contributed by atoms with Gasteiger partial charge in [-0.15, -0.1) is 5.06 Å². The first kappa shape index (κ1) is 15.5. The number of rotatable bonds is 2. The summed E-state index contributed by atoms with van der Waals surface area (Å²) < 4.78 is 1.11. The van der Waals surface area contributed by atoms with Crippen molar-refractivity contribution in [3.8, 4) is 0 Å². The van der Waals surface area contributed by atoms with Crippen LogP contribution in [0.1, 0.15) is 45.1 Å². The normalized spacial score (nSPS) is 18.0. The van der Waals surface area contributed by atoms with Gasteiger partial charge in [0.25, 0.3) is 0 Å². The smallest absolute Gasteiger partial charge is 0.330 e. The first-order chi connectivity index (χ1) is 9.36. The summed E-state index contributed by atoms with van der Waals surface area (Å²) in [7, 11) is 0. The second-order valence-corrected chi connectivity index (χ2v) is 7.30. The third kappa shape index (κ3) is 4.06. The predicted octanol–water partition coefficient (Wildman–Crippen LogP) is 4.13. The van der Waals surface area contributed by atoms with Crippen molar-refractivity contribution in [2.75, 3.05) is 13.1 Å². The Morgan fingerprint density at radius 2 is 1.75 bits per heavy atom. The molecule has 4 heteroatoms. The quantitative estimate of drug-likeness (QED) is 0.811. The fraction of sp³-hybridized carbons (Fsp3) is 0.562. The number of hydrogen-bond donors (Lipinski definition) is 0. The minimum atomic E-state index is -0.442. The molecule has 0 unspecified atom stereocenters. The van der Waals surface area contributed by atoms with Gasteiger partial charge in [-0.25, -0.2) is 4.79 Å². The topological polar surface area (TPSA) is 29.5 Å². The molecule has 0 N–H and O–H groups in total. The maximum atomic E-state index is 11.9. The highest BCUT2D eigenvalue weighted by molar-refractivity contribution is 9.10. The van der Waals surface area contributed by atoms with Crippen molar-refractivity contribution in [3.63, 3.8) is 0 Å². The molecule has 110 valence electrons. The van der Waals surface area contributed by atoms with Gasteiger partial charge in [-0.3, -0.25) is 0 Å². The first-order valence-corrected chi connectivity index (χ1v) is 7.88. The van der Waals surface area contributed by atoms with E-state index in [-0.39, 0.29) is 5.97 Å². The summed E-state index contributed by atoms with van der Waals surface area (Å²) in [6, 6.07) is 8.51. The van der Waals surface area contributed by atoms with Crippen molar-refractivity contribution in [3.05, 3.63) is 34.3 Å². The minimum absolute atomic E-state index is 0.153. The molecule has 20 heavy (non-hydrogen) atoms. The van der Waals surface area contributed by atoms with Crippen molar-refractivity contribution in [2.24, 2.45) is 5.41 Å². The van der Waals surface area contributed by atoms with Crippen LogP contribution in [-0.4, -0.2) is 24.1 Å². The second kappa shape index (κ2) is 6.27. The van der Waals surface area contributed by atoms with Crippen LogP contribution in [0.5, 0.6) is 0 Å². The zero-order valence-electron chi connectivity index (χ0n) is 12.4. The molecule has 1 heterocycles. The maximum absolute atomic E-state index is 11.9. The Morgan fingerprint density at radius 3 is 2.25 bits per heavy atom. The van der Waals surface area contributed by atoms with Gasteiger partial charge < -0.3 is 4.84 Å². The van der Waals surface area contributed by atoms with Gasteiger partial charge in [0.1, 0.15) is 0 Å². The number of benzene rings is 1. The number of hydrogen-bond acceptors (Lipinski definition) is 3. The molecule has 0 spiro atoms. The van der Waals surface area contributed by atoms with E-state index >= 15 is 0 Å². The fourth-order valence-electron chi connectivity index (χ4n) is 2.27. The van der Waals surface area contributed by atoms with Crippen LogP contribution >= 0.6 is 15.9 Å². The van der Waals surface area contributed by atoms with Gasteiger partial charge in [0.15, 0.2) is 0 Å². The molecule has 1 aromatic carbocycles. The molecule has 1 aliphatic rings. The molecule has 0 atom stereocenters. The van der Waals surface area contributed by atoms with Crippen molar-refractivity contribution in [1.29, 1.82) is 0 Å². The molecule has 3 nitrogen and oxygen atoms in total. The van der Waals surface area contributed by atoms with E-state index in [0.717, 1.165) is 30.4 Å². The van der Waals surface area contributed by atoms with Gasteiger partial charge in [0, 0.05) is 17.6 Å². The molecule has 0 amide bonds. The van der Waals surface area contributed by atoms with Crippen LogP contribution in [-0.2, 0) is 9.63 Å². The summed E-state index contributed by atoms with van der Waals surface area (Å²) in [5, 5.41) is 1.81. The maximum Gasteiger partial charge on any atom is 0.330 e. The Morgan fingerprint density at radius 1 is 1.20 bits per heavy atom. The summed E-state index contributed by atoms with van der Waals surface area (Å²) in [6.45, 7) is 7.25. The number of hydroxylamine groups is 2. The van der Waals surface area contributed by atoms with Gasteiger partial charge in [0.05, 0.1) is 5.41 Å². The molecule has 2 rings (SSSR count). The van der Waals surface area contributed by atoms with E-state index in [2.05, 4.69) is 40.2 Å². The van der Waals surface area contributed by atoms with Crippen LogP contribution in [0.25, 0.3) is 0 Å². The molecule has 1 aliphatic heterocycles. The molecule has 0 bridgehead atoms. The summed E-state index contributed by atoms with van der Waals surface area (Å²) >= 11 is 3.46. The molecule has 1 aromatic rings. The molecule has 0 aromatic heterocycles. The molecule has 1 fully saturated rings. The van der Waals surface area contributed by atoms with Gasteiger partial charge in [-0.2, -0.15) is 0 Å². The Bertz CT molecular complexity index is 456. The fourth-order valence-corrected chi connectivity index (χ4v) is 2.53. The van der Waals surface area contributed by atoms with Crippen LogP contribution < -0.4 is 0 Å². The van der Waals surface area contributed by atoms with E-state index < -0.39 is 5.41 Å². The van der Waals surface area contributed by atoms with Crippen LogP contribution in [0, 0.1) is 5.41 Å². The lowest BCUT2D eigenvalue weighted by Gasteiger charge is -2.32. The molecular formula is C16H22BrNO2. The largest absolute Gasteiger partial charge is 0.367 e. The average molecular weight is 340 g/mol. The zero-order chi connectivity index (χ0) is 14.8. The van der Waals surface area contributed by atoms with Gasteiger partial charge in [-0.05, 0) is 57.2 Å². The number of carbonyl (C=O) groups excluding carboxylic acids is 1. The molecular weight excluding hydrogens is 318 g/mol. The van der Waals surface area contributed by atoms with E-state index in [0.29, 0.717) is 5.92 Å². The highest BCUT2D eigenvalue weighted by atomic mass is 79.9. The van der Waals surface area contributed by atoms with Gasteiger partial charge >= 0.3 is 5.97 Å². The standard InChI is InChI=1S/C16H22BrNO2/c1-16(2,3)15(19)20-18-10-8-13(9-11-18)12-4-6-14(17)7-5-12/h4-7,13H,8-11H2,1-3H3. The zero-order valence-corrected chi connectivity index (χ0v) is 13.9. The lowest BCUT2D eigenvalue weighted by Crippen LogP contribution is -2.38. The summed E-state index contributed by atoms with van der Waals surface area (Å²) in [5.74, 6) is 0.410. The summed E-state index contributed by atoms with van der Waals surface area (Å²) in [4.78, 5) is 17.3. The van der Waals surface area contributed by atoms with Crippen LogP contribution in [0.4, 0.5) is 0 Å². The number of carbonyl (C=O) groups is 1. The van der Waals surface area contributed by atoms with Crippen molar-refractivity contribution < 1.29 is 9.63 Å². The highest BCUT2D eigenvalue weighted by Gasteiger charge is 2.28. The molecule has 0 aliphatic carbocycles. The minimum Gasteiger partial charge on any atom is -0.367 e. The number of piperidine rings is 1. The van der Waals surface area contributed by atoms with Crippen molar-refractivity contribution in [2.45, 2.75) is 39.5 Å². The number of halogens is 1. The van der Waals surface area contributed by atoms with Gasteiger partial charge in [0.2, 0.25) is 0 Å². The van der Waals surface area contributed by atoms with Crippen LogP contribution in [0.3, 0.4) is 0 Å². The van der Waals surface area contributed by atoms with E-state index in [1.807, 2.05) is 25.8 Å². The molecule has 0 saturated carbocycles. The monoisotopic (exact) mass is 339 g/mol.